The van der Waals surface area contributed by atoms with E-state index in [1.807, 2.05) is 36.5 Å². The summed E-state index contributed by atoms with van der Waals surface area (Å²) in [5.74, 6) is 0.787. The third-order valence-electron chi connectivity index (χ3n) is 4.19. The molecular formula is C20H18N4O. The minimum Gasteiger partial charge on any atom is -0.343 e. The zero-order valence-corrected chi connectivity index (χ0v) is 14.1. The van der Waals surface area contributed by atoms with Crippen LogP contribution in [0, 0.1) is 0 Å². The first-order chi connectivity index (χ1) is 12.1. The minimum atomic E-state index is -0.107. The Morgan fingerprint density at radius 3 is 2.44 bits per heavy atom. The number of pyridine rings is 1. The number of hydrogen-bond donors (Lipinski definition) is 0. The fourth-order valence-corrected chi connectivity index (χ4v) is 2.87. The van der Waals surface area contributed by atoms with Crippen LogP contribution in [-0.4, -0.2) is 39.1 Å². The summed E-state index contributed by atoms with van der Waals surface area (Å²) in [6.07, 6.45) is 3.91. The van der Waals surface area contributed by atoms with Gasteiger partial charge in [0.1, 0.15) is 5.82 Å². The van der Waals surface area contributed by atoms with Crippen molar-refractivity contribution >= 4 is 11.4 Å². The maximum atomic E-state index is 12.1. The molecule has 4 aromatic rings. The summed E-state index contributed by atoms with van der Waals surface area (Å²) in [4.78, 5) is 13.6. The van der Waals surface area contributed by atoms with Gasteiger partial charge in [0.15, 0.2) is 5.69 Å². The SMILES string of the molecule is CN(C)C(=O)c1ccn(-c2ccc3ccc(-c4ccccc4)cn23)n1. The summed E-state index contributed by atoms with van der Waals surface area (Å²) in [5, 5.41) is 4.43. The van der Waals surface area contributed by atoms with Crippen molar-refractivity contribution < 1.29 is 4.79 Å². The number of hydrogen-bond acceptors (Lipinski definition) is 2. The van der Waals surface area contributed by atoms with Crippen LogP contribution in [0.3, 0.4) is 0 Å². The monoisotopic (exact) mass is 330 g/mol. The summed E-state index contributed by atoms with van der Waals surface area (Å²) >= 11 is 0. The lowest BCUT2D eigenvalue weighted by Gasteiger charge is -2.08. The molecule has 0 saturated heterocycles. The van der Waals surface area contributed by atoms with Gasteiger partial charge in [-0.15, -0.1) is 0 Å². The highest BCUT2D eigenvalue weighted by molar-refractivity contribution is 5.91. The molecule has 124 valence electrons. The highest BCUT2D eigenvalue weighted by Gasteiger charge is 2.13. The molecular weight excluding hydrogens is 312 g/mol. The van der Waals surface area contributed by atoms with Gasteiger partial charge < -0.3 is 9.30 Å². The summed E-state index contributed by atoms with van der Waals surface area (Å²) < 4.78 is 3.82. The second-order valence-electron chi connectivity index (χ2n) is 6.12. The number of carbonyl (C=O) groups is 1. The minimum absolute atomic E-state index is 0.107. The molecule has 0 unspecified atom stereocenters. The van der Waals surface area contributed by atoms with Gasteiger partial charge in [0.25, 0.3) is 5.91 Å². The van der Waals surface area contributed by atoms with E-state index in [9.17, 15) is 4.79 Å². The molecule has 3 heterocycles. The molecule has 5 heteroatoms. The Hall–Kier alpha value is -3.34. The average molecular weight is 330 g/mol. The van der Waals surface area contributed by atoms with E-state index in [0.29, 0.717) is 5.69 Å². The maximum absolute atomic E-state index is 12.1. The standard InChI is InChI=1S/C20H18N4O/c1-22(2)20(25)18-12-13-24(21-18)19-11-10-17-9-8-16(14-23(17)19)15-6-4-3-5-7-15/h3-14H,1-2H3. The van der Waals surface area contributed by atoms with E-state index in [2.05, 4.69) is 40.0 Å². The zero-order chi connectivity index (χ0) is 17.4. The van der Waals surface area contributed by atoms with Crippen molar-refractivity contribution in [2.75, 3.05) is 14.1 Å². The van der Waals surface area contributed by atoms with Crippen LogP contribution in [0.5, 0.6) is 0 Å². The average Bonchev–Trinajstić information content (AvgIpc) is 3.27. The molecule has 0 aliphatic rings. The van der Waals surface area contributed by atoms with E-state index in [1.165, 1.54) is 4.90 Å². The molecule has 0 aliphatic carbocycles. The van der Waals surface area contributed by atoms with Crippen LogP contribution in [0.2, 0.25) is 0 Å². The molecule has 4 rings (SSSR count). The first kappa shape index (κ1) is 15.2. The lowest BCUT2D eigenvalue weighted by molar-refractivity contribution is 0.0821. The van der Waals surface area contributed by atoms with Crippen molar-refractivity contribution in [1.29, 1.82) is 0 Å². The van der Waals surface area contributed by atoms with Crippen LogP contribution in [0.1, 0.15) is 10.5 Å². The summed E-state index contributed by atoms with van der Waals surface area (Å²) in [6.45, 7) is 0. The smallest absolute Gasteiger partial charge is 0.273 e. The third kappa shape index (κ3) is 2.70. The van der Waals surface area contributed by atoms with E-state index < -0.39 is 0 Å². The van der Waals surface area contributed by atoms with Gasteiger partial charge in [-0.1, -0.05) is 36.4 Å². The van der Waals surface area contributed by atoms with E-state index >= 15 is 0 Å². The number of amides is 1. The predicted octanol–water partition coefficient (Wildman–Crippen LogP) is 3.49. The third-order valence-corrected chi connectivity index (χ3v) is 4.19. The highest BCUT2D eigenvalue weighted by Crippen LogP contribution is 2.22. The molecule has 0 spiro atoms. The molecule has 0 aliphatic heterocycles. The van der Waals surface area contributed by atoms with Gasteiger partial charge in [-0.05, 0) is 35.4 Å². The molecule has 1 aromatic carbocycles. The van der Waals surface area contributed by atoms with Crippen molar-refractivity contribution in [3.63, 3.8) is 0 Å². The second-order valence-corrected chi connectivity index (χ2v) is 6.12. The second kappa shape index (κ2) is 5.94. The maximum Gasteiger partial charge on any atom is 0.273 e. The fraction of sp³-hybridized carbons (Fsp3) is 0.100. The summed E-state index contributed by atoms with van der Waals surface area (Å²) in [7, 11) is 3.44. The lowest BCUT2D eigenvalue weighted by Crippen LogP contribution is -2.22. The van der Waals surface area contributed by atoms with Crippen molar-refractivity contribution in [3.8, 4) is 16.9 Å². The Morgan fingerprint density at radius 1 is 0.920 bits per heavy atom. The zero-order valence-electron chi connectivity index (χ0n) is 14.1. The fourth-order valence-electron chi connectivity index (χ4n) is 2.87. The Morgan fingerprint density at radius 2 is 1.68 bits per heavy atom. The molecule has 3 aromatic heterocycles. The van der Waals surface area contributed by atoms with Crippen LogP contribution in [-0.2, 0) is 0 Å². The number of rotatable bonds is 3. The highest BCUT2D eigenvalue weighted by atomic mass is 16.2. The quantitative estimate of drug-likeness (QED) is 0.577. The first-order valence-electron chi connectivity index (χ1n) is 8.08. The van der Waals surface area contributed by atoms with Crippen LogP contribution in [0.4, 0.5) is 0 Å². The van der Waals surface area contributed by atoms with Crippen LogP contribution >= 0.6 is 0 Å². The molecule has 0 fully saturated rings. The molecule has 0 atom stereocenters. The van der Waals surface area contributed by atoms with Crippen molar-refractivity contribution in [3.05, 3.63) is 78.8 Å². The molecule has 1 amide bonds. The van der Waals surface area contributed by atoms with Gasteiger partial charge in [-0.25, -0.2) is 4.68 Å². The molecule has 5 nitrogen and oxygen atoms in total. The Balaban J connectivity index is 1.79. The van der Waals surface area contributed by atoms with E-state index in [-0.39, 0.29) is 5.91 Å². The normalized spacial score (nSPS) is 11.0. The van der Waals surface area contributed by atoms with Gasteiger partial charge in [0, 0.05) is 32.0 Å². The summed E-state index contributed by atoms with van der Waals surface area (Å²) in [5.41, 5.74) is 3.79. The molecule has 25 heavy (non-hydrogen) atoms. The molecule has 0 bridgehead atoms. The van der Waals surface area contributed by atoms with Crippen LogP contribution in [0.15, 0.2) is 73.1 Å². The Labute approximate surface area is 145 Å². The van der Waals surface area contributed by atoms with Gasteiger partial charge >= 0.3 is 0 Å². The molecule has 0 saturated carbocycles. The number of aromatic nitrogens is 3. The number of fused-ring (bicyclic) bond motifs is 1. The van der Waals surface area contributed by atoms with Crippen LogP contribution < -0.4 is 0 Å². The van der Waals surface area contributed by atoms with Crippen LogP contribution in [0.25, 0.3) is 22.5 Å². The van der Waals surface area contributed by atoms with E-state index in [4.69, 9.17) is 0 Å². The van der Waals surface area contributed by atoms with E-state index in [0.717, 1.165) is 22.5 Å². The summed E-state index contributed by atoms with van der Waals surface area (Å²) in [6, 6.07) is 20.2. The lowest BCUT2D eigenvalue weighted by atomic mass is 10.1. The first-order valence-corrected chi connectivity index (χ1v) is 8.08. The van der Waals surface area contributed by atoms with E-state index in [1.54, 1.807) is 24.8 Å². The van der Waals surface area contributed by atoms with Crippen molar-refractivity contribution in [2.24, 2.45) is 0 Å². The molecule has 0 radical (unpaired) electrons. The van der Waals surface area contributed by atoms with Gasteiger partial charge in [-0.3, -0.25) is 4.79 Å². The Kier molecular flexibility index (Phi) is 3.61. The number of benzene rings is 1. The van der Waals surface area contributed by atoms with Gasteiger partial charge in [-0.2, -0.15) is 5.10 Å². The topological polar surface area (TPSA) is 42.5 Å². The number of nitrogens with zero attached hydrogens (tertiary/aromatic N) is 4. The van der Waals surface area contributed by atoms with Crippen molar-refractivity contribution in [2.45, 2.75) is 0 Å². The predicted molar refractivity (Wildman–Crippen MR) is 98.0 cm³/mol. The van der Waals surface area contributed by atoms with Gasteiger partial charge in [0.05, 0.1) is 0 Å². The molecule has 0 N–H and O–H groups in total. The largest absolute Gasteiger partial charge is 0.343 e. The van der Waals surface area contributed by atoms with Crippen molar-refractivity contribution in [1.82, 2.24) is 19.1 Å². The number of carbonyl (C=O) groups excluding carboxylic acids is 1. The Bertz CT molecular complexity index is 1040. The van der Waals surface area contributed by atoms with Gasteiger partial charge in [0.2, 0.25) is 0 Å².